The topological polar surface area (TPSA) is 79.3 Å². The number of carbonyl (C=O) groups is 2. The van der Waals surface area contributed by atoms with Crippen LogP contribution in [-0.4, -0.2) is 77.1 Å². The molecule has 2 fully saturated rings. The summed E-state index contributed by atoms with van der Waals surface area (Å²) < 4.78 is 25.5. The van der Waals surface area contributed by atoms with E-state index in [1.165, 1.54) is 23.9 Å². The molecule has 0 radical (unpaired) electrons. The molecule has 0 atom stereocenters. The summed E-state index contributed by atoms with van der Waals surface area (Å²) in [4.78, 5) is 28.3. The van der Waals surface area contributed by atoms with Crippen LogP contribution in [0.4, 0.5) is 4.39 Å². The highest BCUT2D eigenvalue weighted by Gasteiger charge is 2.31. The van der Waals surface area contributed by atoms with Gasteiger partial charge in [0.1, 0.15) is 22.5 Å². The third-order valence-corrected chi connectivity index (χ3v) is 7.77. The van der Waals surface area contributed by atoms with E-state index >= 15 is 0 Å². The van der Waals surface area contributed by atoms with E-state index in [1.54, 1.807) is 23.1 Å². The van der Waals surface area contributed by atoms with E-state index in [0.29, 0.717) is 47.4 Å². The largest absolute Gasteiger partial charge is 0.492 e. The minimum Gasteiger partial charge on any atom is -0.492 e. The number of amides is 1. The summed E-state index contributed by atoms with van der Waals surface area (Å²) in [7, 11) is 0. The molecule has 2 aromatic rings. The molecule has 0 aromatic heterocycles. The first kappa shape index (κ1) is 28.2. The summed E-state index contributed by atoms with van der Waals surface area (Å²) >= 11 is 6.72. The maximum Gasteiger partial charge on any atom is 0.303 e. The number of carboxylic acid groups (broad SMARTS) is 1. The second-order valence-electron chi connectivity index (χ2n) is 9.10. The molecule has 1 amide bonds. The zero-order chi connectivity index (χ0) is 26.9. The van der Waals surface area contributed by atoms with Crippen LogP contribution in [0.25, 0.3) is 17.2 Å². The summed E-state index contributed by atoms with van der Waals surface area (Å²) in [6.07, 6.45) is 3.89. The molecule has 0 spiro atoms. The first-order valence-electron chi connectivity index (χ1n) is 12.7. The Bertz CT molecular complexity index is 1180. The van der Waals surface area contributed by atoms with Gasteiger partial charge >= 0.3 is 5.97 Å². The van der Waals surface area contributed by atoms with E-state index in [0.717, 1.165) is 49.5 Å². The Kier molecular flexibility index (Phi) is 10.3. The number of aliphatic carboxylic acids is 1. The van der Waals surface area contributed by atoms with Crippen molar-refractivity contribution in [2.24, 2.45) is 0 Å². The number of hydrogen-bond acceptors (Lipinski definition) is 7. The van der Waals surface area contributed by atoms with Crippen molar-refractivity contribution in [2.45, 2.75) is 25.7 Å². The number of nitrogens with zero attached hydrogens (tertiary/aromatic N) is 2. The monoisotopic (exact) mass is 558 g/mol. The van der Waals surface area contributed by atoms with Gasteiger partial charge in [0.05, 0.1) is 18.1 Å². The highest BCUT2D eigenvalue weighted by atomic mass is 32.2. The Morgan fingerprint density at radius 3 is 2.55 bits per heavy atom. The van der Waals surface area contributed by atoms with E-state index in [2.05, 4.69) is 4.90 Å². The van der Waals surface area contributed by atoms with Crippen LogP contribution in [0.5, 0.6) is 5.75 Å². The first-order valence-corrected chi connectivity index (χ1v) is 13.9. The molecular formula is C28H31FN2O5S2. The molecule has 2 aliphatic heterocycles. The van der Waals surface area contributed by atoms with Gasteiger partial charge in [-0.2, -0.15) is 0 Å². The van der Waals surface area contributed by atoms with Gasteiger partial charge in [0.25, 0.3) is 5.91 Å². The minimum atomic E-state index is -0.815. The summed E-state index contributed by atoms with van der Waals surface area (Å²) in [5.74, 6) is -0.624. The van der Waals surface area contributed by atoms with Crippen LogP contribution in [-0.2, 0) is 14.3 Å². The molecule has 0 unspecified atom stereocenters. The van der Waals surface area contributed by atoms with Crippen LogP contribution < -0.4 is 4.74 Å². The van der Waals surface area contributed by atoms with Gasteiger partial charge in [0.15, 0.2) is 0 Å². The predicted molar refractivity (Wildman–Crippen MR) is 151 cm³/mol. The minimum absolute atomic E-state index is 0.122. The van der Waals surface area contributed by atoms with Crippen molar-refractivity contribution in [3.63, 3.8) is 0 Å². The fraction of sp³-hybridized carbons (Fsp3) is 0.393. The molecule has 38 heavy (non-hydrogen) atoms. The average molecular weight is 559 g/mol. The highest BCUT2D eigenvalue weighted by Crippen LogP contribution is 2.36. The molecule has 0 aliphatic carbocycles. The number of carbonyl (C=O) groups excluding carboxylic acids is 1. The van der Waals surface area contributed by atoms with Crippen molar-refractivity contribution >= 4 is 46.3 Å². The molecule has 7 nitrogen and oxygen atoms in total. The normalized spacial score (nSPS) is 17.4. The Hall–Kier alpha value is -2.79. The molecule has 2 saturated heterocycles. The van der Waals surface area contributed by atoms with Crippen LogP contribution in [0, 0.1) is 5.82 Å². The molecule has 0 saturated carbocycles. The SMILES string of the molecule is O=C(O)CCCCCN1C(=O)/C(=C/c2cc(-c3ccc(F)cc3)ccc2OCCN2CCOCC2)SC1=S. The number of unbranched alkanes of at least 4 members (excludes halogenated alkanes) is 2. The Labute approximate surface area is 231 Å². The fourth-order valence-corrected chi connectivity index (χ4v) is 5.58. The molecule has 2 aliphatic rings. The lowest BCUT2D eigenvalue weighted by molar-refractivity contribution is -0.137. The summed E-state index contributed by atoms with van der Waals surface area (Å²) in [5, 5.41) is 8.80. The summed E-state index contributed by atoms with van der Waals surface area (Å²) in [5.41, 5.74) is 2.48. The molecule has 10 heteroatoms. The molecule has 2 aromatic carbocycles. The number of halogens is 1. The van der Waals surface area contributed by atoms with Crippen LogP contribution in [0.2, 0.25) is 0 Å². The maximum atomic E-state index is 13.5. The standard InChI is InChI=1S/C28H31FN2O5S2/c29-23-8-5-20(6-9-23)21-7-10-24(36-17-14-30-12-15-35-16-13-30)22(18-21)19-25-27(34)31(28(37)38-25)11-3-1-2-4-26(32)33/h5-10,18-19H,1-4,11-17H2,(H,32,33)/b25-19-. The maximum absolute atomic E-state index is 13.5. The zero-order valence-electron chi connectivity index (χ0n) is 21.1. The number of thiocarbonyl (C=S) groups is 1. The number of carboxylic acids is 1. The lowest BCUT2D eigenvalue weighted by Gasteiger charge is -2.26. The van der Waals surface area contributed by atoms with Crippen molar-refractivity contribution in [1.82, 2.24) is 9.80 Å². The van der Waals surface area contributed by atoms with E-state index in [1.807, 2.05) is 18.2 Å². The van der Waals surface area contributed by atoms with Crippen molar-refractivity contribution in [2.75, 3.05) is 46.0 Å². The number of ether oxygens (including phenoxy) is 2. The van der Waals surface area contributed by atoms with Gasteiger partial charge in [-0.15, -0.1) is 0 Å². The number of benzene rings is 2. The van der Waals surface area contributed by atoms with Crippen LogP contribution in [0.15, 0.2) is 47.4 Å². The number of hydrogen-bond donors (Lipinski definition) is 1. The predicted octanol–water partition coefficient (Wildman–Crippen LogP) is 5.05. The van der Waals surface area contributed by atoms with Gasteiger partial charge < -0.3 is 14.6 Å². The highest BCUT2D eigenvalue weighted by molar-refractivity contribution is 8.26. The molecular weight excluding hydrogens is 527 g/mol. The molecule has 0 bridgehead atoms. The van der Waals surface area contributed by atoms with Crippen molar-refractivity contribution in [3.8, 4) is 16.9 Å². The van der Waals surface area contributed by atoms with Gasteiger partial charge in [-0.3, -0.25) is 19.4 Å². The molecule has 202 valence electrons. The van der Waals surface area contributed by atoms with E-state index < -0.39 is 5.97 Å². The average Bonchev–Trinajstić information content (AvgIpc) is 3.17. The Morgan fingerprint density at radius 2 is 1.82 bits per heavy atom. The molecule has 1 N–H and O–H groups in total. The lowest BCUT2D eigenvalue weighted by Crippen LogP contribution is -2.38. The second kappa shape index (κ2) is 13.8. The van der Waals surface area contributed by atoms with E-state index in [-0.39, 0.29) is 18.1 Å². The smallest absolute Gasteiger partial charge is 0.303 e. The number of thioether (sulfide) groups is 1. The van der Waals surface area contributed by atoms with Gasteiger partial charge in [-0.25, -0.2) is 4.39 Å². The fourth-order valence-electron chi connectivity index (χ4n) is 4.28. The number of rotatable bonds is 12. The number of morpholine rings is 1. The summed E-state index contributed by atoms with van der Waals surface area (Å²) in [6, 6.07) is 12.0. The summed E-state index contributed by atoms with van der Waals surface area (Å²) in [6.45, 7) is 4.91. The lowest BCUT2D eigenvalue weighted by atomic mass is 10.0. The quantitative estimate of drug-likeness (QED) is 0.220. The van der Waals surface area contributed by atoms with Gasteiger partial charge in [-0.05, 0) is 54.3 Å². The van der Waals surface area contributed by atoms with Crippen LogP contribution in [0.1, 0.15) is 31.2 Å². The van der Waals surface area contributed by atoms with Crippen molar-refractivity contribution in [1.29, 1.82) is 0 Å². The van der Waals surface area contributed by atoms with Crippen LogP contribution in [0.3, 0.4) is 0 Å². The van der Waals surface area contributed by atoms with Crippen LogP contribution >= 0.6 is 24.0 Å². The van der Waals surface area contributed by atoms with Gasteiger partial charge in [0, 0.05) is 38.2 Å². The van der Waals surface area contributed by atoms with Crippen molar-refractivity contribution in [3.05, 3.63) is 58.8 Å². The van der Waals surface area contributed by atoms with E-state index in [9.17, 15) is 14.0 Å². The van der Waals surface area contributed by atoms with Gasteiger partial charge in [-0.1, -0.05) is 48.6 Å². The van der Waals surface area contributed by atoms with Gasteiger partial charge in [0.2, 0.25) is 0 Å². The first-order chi connectivity index (χ1) is 18.4. The molecule has 4 rings (SSSR count). The second-order valence-corrected chi connectivity index (χ2v) is 10.8. The zero-order valence-corrected chi connectivity index (χ0v) is 22.7. The van der Waals surface area contributed by atoms with Crippen molar-refractivity contribution < 1.29 is 28.6 Å². The third kappa shape index (κ3) is 7.86. The Balaban J connectivity index is 1.50. The Morgan fingerprint density at radius 1 is 1.08 bits per heavy atom. The molecule has 2 heterocycles. The van der Waals surface area contributed by atoms with E-state index in [4.69, 9.17) is 26.8 Å². The third-order valence-electron chi connectivity index (χ3n) is 6.39.